The molecule has 2 rings (SSSR count). The molecule has 1 aromatic heterocycles. The molecule has 0 amide bonds. The second kappa shape index (κ2) is 4.99. The highest BCUT2D eigenvalue weighted by atomic mass is 16.5. The molecular formula is C12H16NO. The van der Waals surface area contributed by atoms with Crippen molar-refractivity contribution in [3.63, 3.8) is 0 Å². The number of ether oxygens (including phenoxy) is 1. The number of hydrogen-bond donors (Lipinski definition) is 0. The summed E-state index contributed by atoms with van der Waals surface area (Å²) in [5.74, 6) is 1.79. The van der Waals surface area contributed by atoms with Gasteiger partial charge >= 0.3 is 0 Å². The molecule has 1 heterocycles. The van der Waals surface area contributed by atoms with Crippen molar-refractivity contribution in [1.82, 2.24) is 4.98 Å². The minimum Gasteiger partial charge on any atom is -0.493 e. The van der Waals surface area contributed by atoms with Gasteiger partial charge in [0.2, 0.25) is 0 Å². The van der Waals surface area contributed by atoms with E-state index in [-0.39, 0.29) is 0 Å². The van der Waals surface area contributed by atoms with Gasteiger partial charge in [-0.1, -0.05) is 25.7 Å². The van der Waals surface area contributed by atoms with E-state index >= 15 is 0 Å². The van der Waals surface area contributed by atoms with Gasteiger partial charge in [0.25, 0.3) is 0 Å². The lowest BCUT2D eigenvalue weighted by atomic mass is 10.1. The topological polar surface area (TPSA) is 22.1 Å². The van der Waals surface area contributed by atoms with Gasteiger partial charge in [0.05, 0.1) is 12.8 Å². The zero-order chi connectivity index (χ0) is 9.64. The van der Waals surface area contributed by atoms with Crippen LogP contribution in [0.2, 0.25) is 0 Å². The molecule has 2 heteroatoms. The van der Waals surface area contributed by atoms with Crippen LogP contribution in [0.25, 0.3) is 0 Å². The summed E-state index contributed by atoms with van der Waals surface area (Å²) in [6, 6.07) is 3.67. The summed E-state index contributed by atoms with van der Waals surface area (Å²) in [5.41, 5.74) is 0. The van der Waals surface area contributed by atoms with Crippen molar-refractivity contribution in [2.45, 2.75) is 32.1 Å². The maximum Gasteiger partial charge on any atom is 0.123 e. The van der Waals surface area contributed by atoms with E-state index in [9.17, 15) is 0 Å². The van der Waals surface area contributed by atoms with Crippen LogP contribution in [0.3, 0.4) is 0 Å². The number of nitrogens with zero attached hydrogens (tertiary/aromatic N) is 1. The third-order valence-corrected chi connectivity index (χ3v) is 2.86. The summed E-state index contributed by atoms with van der Waals surface area (Å²) < 4.78 is 5.60. The Labute approximate surface area is 85.3 Å². The summed E-state index contributed by atoms with van der Waals surface area (Å²) >= 11 is 0. The molecule has 75 valence electrons. The van der Waals surface area contributed by atoms with E-state index in [2.05, 4.69) is 11.2 Å². The van der Waals surface area contributed by atoms with Crippen molar-refractivity contribution >= 4 is 0 Å². The maximum atomic E-state index is 5.60. The van der Waals surface area contributed by atoms with Gasteiger partial charge in [-0.15, -0.1) is 0 Å². The summed E-state index contributed by atoms with van der Waals surface area (Å²) in [4.78, 5) is 3.83. The molecule has 0 N–H and O–H groups in total. The lowest BCUT2D eigenvalue weighted by molar-refractivity contribution is 0.279. The Kier molecular flexibility index (Phi) is 3.39. The van der Waals surface area contributed by atoms with E-state index in [0.717, 1.165) is 18.3 Å². The average molecular weight is 190 g/mol. The van der Waals surface area contributed by atoms with E-state index in [1.807, 2.05) is 6.07 Å². The standard InChI is InChI=1S/C12H16NO/c1-2-4-11(3-1)7-10-14-12-5-8-13-9-6-12/h5-6,8,11H,1-4,7,10H2. The Hall–Kier alpha value is -1.05. The van der Waals surface area contributed by atoms with E-state index in [0.29, 0.717) is 0 Å². The van der Waals surface area contributed by atoms with Gasteiger partial charge in [0, 0.05) is 12.3 Å². The second-order valence-corrected chi connectivity index (χ2v) is 3.91. The average Bonchev–Trinajstić information content (AvgIpc) is 2.72. The van der Waals surface area contributed by atoms with E-state index in [1.54, 1.807) is 12.3 Å². The molecule has 0 spiro atoms. The fraction of sp³-hybridized carbons (Fsp3) is 0.583. The molecule has 1 aromatic rings. The fourth-order valence-electron chi connectivity index (χ4n) is 2.04. The number of rotatable bonds is 4. The van der Waals surface area contributed by atoms with Gasteiger partial charge in [0.1, 0.15) is 5.75 Å². The third kappa shape index (κ3) is 2.72. The highest BCUT2D eigenvalue weighted by molar-refractivity contribution is 5.15. The van der Waals surface area contributed by atoms with Crippen LogP contribution in [0.1, 0.15) is 32.1 Å². The normalized spacial score (nSPS) is 17.1. The van der Waals surface area contributed by atoms with Crippen molar-refractivity contribution in [3.8, 4) is 5.75 Å². The molecule has 0 saturated heterocycles. The Bertz CT molecular complexity index is 254. The minimum atomic E-state index is 0.836. The van der Waals surface area contributed by atoms with Crippen LogP contribution in [0.5, 0.6) is 5.75 Å². The Balaban J connectivity index is 1.67. The third-order valence-electron chi connectivity index (χ3n) is 2.86. The lowest BCUT2D eigenvalue weighted by Crippen LogP contribution is -2.03. The Morgan fingerprint density at radius 1 is 1.43 bits per heavy atom. The first kappa shape index (κ1) is 9.50. The van der Waals surface area contributed by atoms with Gasteiger partial charge < -0.3 is 4.74 Å². The smallest absolute Gasteiger partial charge is 0.123 e. The van der Waals surface area contributed by atoms with Crippen molar-refractivity contribution in [3.05, 3.63) is 24.5 Å². The zero-order valence-corrected chi connectivity index (χ0v) is 8.41. The van der Waals surface area contributed by atoms with Crippen molar-refractivity contribution in [2.75, 3.05) is 6.61 Å². The quantitative estimate of drug-likeness (QED) is 0.728. The van der Waals surface area contributed by atoms with Gasteiger partial charge in [-0.2, -0.15) is 0 Å². The Morgan fingerprint density at radius 2 is 2.29 bits per heavy atom. The lowest BCUT2D eigenvalue weighted by Gasteiger charge is -2.09. The maximum absolute atomic E-state index is 5.60. The molecule has 0 bridgehead atoms. The molecule has 0 atom stereocenters. The zero-order valence-electron chi connectivity index (χ0n) is 8.41. The van der Waals surface area contributed by atoms with Crippen LogP contribution in [-0.4, -0.2) is 11.6 Å². The minimum absolute atomic E-state index is 0.836. The predicted octanol–water partition coefficient (Wildman–Crippen LogP) is 2.84. The first-order valence-corrected chi connectivity index (χ1v) is 5.40. The van der Waals surface area contributed by atoms with Crippen LogP contribution in [0.4, 0.5) is 0 Å². The first-order valence-electron chi connectivity index (χ1n) is 5.40. The van der Waals surface area contributed by atoms with Crippen LogP contribution < -0.4 is 4.74 Å². The number of aromatic nitrogens is 1. The molecule has 1 radical (unpaired) electrons. The van der Waals surface area contributed by atoms with Crippen molar-refractivity contribution in [1.29, 1.82) is 0 Å². The summed E-state index contributed by atoms with van der Waals surface area (Å²) in [6.45, 7) is 0.836. The van der Waals surface area contributed by atoms with Crippen LogP contribution in [0, 0.1) is 12.1 Å². The van der Waals surface area contributed by atoms with Crippen molar-refractivity contribution in [2.24, 2.45) is 5.92 Å². The number of pyridine rings is 1. The molecule has 0 aromatic carbocycles. The molecule has 2 nitrogen and oxygen atoms in total. The monoisotopic (exact) mass is 190 g/mol. The number of hydrogen-bond acceptors (Lipinski definition) is 2. The van der Waals surface area contributed by atoms with E-state index in [4.69, 9.17) is 4.74 Å². The Morgan fingerprint density at radius 3 is 3.00 bits per heavy atom. The molecule has 1 fully saturated rings. The molecule has 1 saturated carbocycles. The van der Waals surface area contributed by atoms with Crippen LogP contribution >= 0.6 is 0 Å². The molecule has 0 unspecified atom stereocenters. The predicted molar refractivity (Wildman–Crippen MR) is 55.1 cm³/mol. The van der Waals surface area contributed by atoms with Crippen molar-refractivity contribution < 1.29 is 4.74 Å². The largest absolute Gasteiger partial charge is 0.493 e. The molecule has 1 aliphatic carbocycles. The van der Waals surface area contributed by atoms with E-state index < -0.39 is 0 Å². The van der Waals surface area contributed by atoms with Gasteiger partial charge in [0.15, 0.2) is 0 Å². The second-order valence-electron chi connectivity index (χ2n) is 3.91. The van der Waals surface area contributed by atoms with Gasteiger partial charge in [-0.3, -0.25) is 4.98 Å². The molecule has 14 heavy (non-hydrogen) atoms. The van der Waals surface area contributed by atoms with Gasteiger partial charge in [-0.05, 0) is 18.4 Å². The summed E-state index contributed by atoms with van der Waals surface area (Å²) in [7, 11) is 0. The fourth-order valence-corrected chi connectivity index (χ4v) is 2.04. The van der Waals surface area contributed by atoms with Crippen LogP contribution in [0.15, 0.2) is 18.3 Å². The molecule has 1 aliphatic rings. The van der Waals surface area contributed by atoms with Gasteiger partial charge in [-0.25, -0.2) is 0 Å². The van der Waals surface area contributed by atoms with E-state index in [1.165, 1.54) is 32.1 Å². The first-order chi connectivity index (χ1) is 6.95. The molecular weight excluding hydrogens is 174 g/mol. The summed E-state index contributed by atoms with van der Waals surface area (Å²) in [5, 5.41) is 0. The highest BCUT2D eigenvalue weighted by Crippen LogP contribution is 2.27. The highest BCUT2D eigenvalue weighted by Gasteiger charge is 2.14. The molecule has 0 aliphatic heterocycles. The summed E-state index contributed by atoms with van der Waals surface area (Å²) in [6.07, 6.45) is 11.3. The van der Waals surface area contributed by atoms with Crippen LogP contribution in [-0.2, 0) is 0 Å². The SMILES string of the molecule is [c]1cc(OCCC2CCCC2)ccn1.